The van der Waals surface area contributed by atoms with E-state index in [1.165, 1.54) is 6.42 Å². The third-order valence-corrected chi connectivity index (χ3v) is 3.10. The summed E-state index contributed by atoms with van der Waals surface area (Å²) in [5, 5.41) is 17.1. The van der Waals surface area contributed by atoms with Crippen molar-refractivity contribution in [3.63, 3.8) is 0 Å². The van der Waals surface area contributed by atoms with Crippen molar-refractivity contribution in [2.24, 2.45) is 0 Å². The van der Waals surface area contributed by atoms with Gasteiger partial charge in [-0.05, 0) is 60.0 Å². The first kappa shape index (κ1) is 12.9. The lowest BCUT2D eigenvalue weighted by Gasteiger charge is -2.32. The van der Waals surface area contributed by atoms with Crippen LogP contribution in [0.2, 0.25) is 0 Å². The molecule has 90 valence electrons. The van der Waals surface area contributed by atoms with Gasteiger partial charge in [0.1, 0.15) is 0 Å². The zero-order valence-electron chi connectivity index (χ0n) is 10.6. The zero-order chi connectivity index (χ0) is 11.5. The van der Waals surface area contributed by atoms with Gasteiger partial charge < -0.3 is 15.7 Å². The van der Waals surface area contributed by atoms with Gasteiger partial charge in [0.2, 0.25) is 0 Å². The minimum atomic E-state index is -0.575. The average molecular weight is 214 g/mol. The Bertz CT molecular complexity index is 190. The van der Waals surface area contributed by atoms with Crippen LogP contribution in [0.5, 0.6) is 0 Å². The third-order valence-electron chi connectivity index (χ3n) is 3.10. The van der Waals surface area contributed by atoms with Gasteiger partial charge >= 0.3 is 0 Å². The van der Waals surface area contributed by atoms with Crippen LogP contribution in [0.3, 0.4) is 0 Å². The summed E-state index contributed by atoms with van der Waals surface area (Å²) in [6, 6.07) is 0.277. The smallest absolute Gasteiger partial charge is 0.0784 e. The highest BCUT2D eigenvalue weighted by Crippen LogP contribution is 2.22. The van der Waals surface area contributed by atoms with Crippen molar-refractivity contribution < 1.29 is 5.11 Å². The minimum Gasteiger partial charge on any atom is -0.389 e. The van der Waals surface area contributed by atoms with Gasteiger partial charge in [0.25, 0.3) is 0 Å². The number of hydrogen-bond donors (Lipinski definition) is 3. The Balaban J connectivity index is 2.29. The second-order valence-corrected chi connectivity index (χ2v) is 5.93. The van der Waals surface area contributed by atoms with Crippen molar-refractivity contribution >= 4 is 0 Å². The molecule has 2 unspecified atom stereocenters. The summed E-state index contributed by atoms with van der Waals surface area (Å²) in [6.07, 6.45) is 3.10. The van der Waals surface area contributed by atoms with Crippen LogP contribution in [0, 0.1) is 0 Å². The van der Waals surface area contributed by atoms with Crippen molar-refractivity contribution in [2.45, 2.75) is 64.1 Å². The van der Waals surface area contributed by atoms with Crippen LogP contribution < -0.4 is 10.6 Å². The second kappa shape index (κ2) is 4.81. The van der Waals surface area contributed by atoms with Crippen molar-refractivity contribution in [1.29, 1.82) is 0 Å². The van der Waals surface area contributed by atoms with Gasteiger partial charge in [-0.3, -0.25) is 0 Å². The molecule has 1 aliphatic rings. The van der Waals surface area contributed by atoms with Crippen molar-refractivity contribution in [1.82, 2.24) is 10.6 Å². The SMILES string of the molecule is CC(C)(C)NCCC(C)(O)C1CCCN1. The van der Waals surface area contributed by atoms with Crippen LogP contribution in [0.1, 0.15) is 47.0 Å². The summed E-state index contributed by atoms with van der Waals surface area (Å²) in [5.74, 6) is 0. The van der Waals surface area contributed by atoms with E-state index in [-0.39, 0.29) is 11.6 Å². The lowest BCUT2D eigenvalue weighted by molar-refractivity contribution is 0.0167. The molecule has 0 aliphatic carbocycles. The normalized spacial score (nSPS) is 26.6. The number of nitrogens with one attached hydrogen (secondary N) is 2. The summed E-state index contributed by atoms with van der Waals surface area (Å²) in [7, 11) is 0. The maximum atomic E-state index is 10.3. The largest absolute Gasteiger partial charge is 0.389 e. The molecule has 3 N–H and O–H groups in total. The van der Waals surface area contributed by atoms with E-state index in [0.29, 0.717) is 0 Å². The number of rotatable bonds is 4. The van der Waals surface area contributed by atoms with E-state index in [0.717, 1.165) is 25.9 Å². The first-order valence-electron chi connectivity index (χ1n) is 6.02. The molecular weight excluding hydrogens is 188 g/mol. The molecule has 0 saturated carbocycles. The van der Waals surface area contributed by atoms with Gasteiger partial charge in [0.05, 0.1) is 5.60 Å². The molecular formula is C12H26N2O. The van der Waals surface area contributed by atoms with E-state index < -0.39 is 5.60 Å². The Morgan fingerprint density at radius 1 is 1.33 bits per heavy atom. The van der Waals surface area contributed by atoms with Crippen molar-refractivity contribution in [2.75, 3.05) is 13.1 Å². The zero-order valence-corrected chi connectivity index (χ0v) is 10.6. The molecule has 3 heteroatoms. The second-order valence-electron chi connectivity index (χ2n) is 5.93. The molecule has 0 radical (unpaired) electrons. The predicted octanol–water partition coefficient (Wildman–Crippen LogP) is 1.27. The van der Waals surface area contributed by atoms with Crippen LogP contribution in [-0.4, -0.2) is 35.4 Å². The molecule has 0 amide bonds. The molecule has 0 aromatic heterocycles. The molecule has 0 aromatic carbocycles. The molecule has 1 rings (SSSR count). The van der Waals surface area contributed by atoms with Crippen LogP contribution in [0.4, 0.5) is 0 Å². The van der Waals surface area contributed by atoms with Gasteiger partial charge in [0.15, 0.2) is 0 Å². The van der Waals surface area contributed by atoms with Crippen molar-refractivity contribution in [3.05, 3.63) is 0 Å². The van der Waals surface area contributed by atoms with Gasteiger partial charge in [0, 0.05) is 11.6 Å². The Morgan fingerprint density at radius 3 is 2.47 bits per heavy atom. The van der Waals surface area contributed by atoms with Gasteiger partial charge in [-0.2, -0.15) is 0 Å². The molecule has 2 atom stereocenters. The maximum Gasteiger partial charge on any atom is 0.0784 e. The van der Waals surface area contributed by atoms with Crippen LogP contribution in [0.25, 0.3) is 0 Å². The van der Waals surface area contributed by atoms with Crippen LogP contribution in [-0.2, 0) is 0 Å². The summed E-state index contributed by atoms with van der Waals surface area (Å²) >= 11 is 0. The standard InChI is InChI=1S/C12H26N2O/c1-11(2,3)14-9-7-12(4,15)10-6-5-8-13-10/h10,13-15H,5-9H2,1-4H3. The Morgan fingerprint density at radius 2 is 2.00 bits per heavy atom. The monoisotopic (exact) mass is 214 g/mol. The fraction of sp³-hybridized carbons (Fsp3) is 1.00. The quantitative estimate of drug-likeness (QED) is 0.660. The van der Waals surface area contributed by atoms with Gasteiger partial charge in [-0.25, -0.2) is 0 Å². The number of aliphatic hydroxyl groups is 1. The Hall–Kier alpha value is -0.120. The average Bonchev–Trinajstić information content (AvgIpc) is 2.52. The van der Waals surface area contributed by atoms with E-state index in [2.05, 4.69) is 31.4 Å². The van der Waals surface area contributed by atoms with Crippen molar-refractivity contribution in [3.8, 4) is 0 Å². The summed E-state index contributed by atoms with van der Waals surface area (Å²) in [6.45, 7) is 10.3. The maximum absolute atomic E-state index is 10.3. The summed E-state index contributed by atoms with van der Waals surface area (Å²) in [4.78, 5) is 0. The molecule has 1 heterocycles. The molecule has 1 aliphatic heterocycles. The van der Waals surface area contributed by atoms with Crippen LogP contribution >= 0.6 is 0 Å². The van der Waals surface area contributed by atoms with E-state index in [9.17, 15) is 5.11 Å². The highest BCUT2D eigenvalue weighted by Gasteiger charge is 2.33. The van der Waals surface area contributed by atoms with E-state index in [1.54, 1.807) is 0 Å². The highest BCUT2D eigenvalue weighted by molar-refractivity contribution is 4.92. The Labute approximate surface area is 93.6 Å². The summed E-state index contributed by atoms with van der Waals surface area (Å²) < 4.78 is 0. The first-order valence-corrected chi connectivity index (χ1v) is 6.02. The molecule has 0 spiro atoms. The minimum absolute atomic E-state index is 0.138. The Kier molecular flexibility index (Phi) is 4.15. The third kappa shape index (κ3) is 4.49. The predicted molar refractivity (Wildman–Crippen MR) is 64.0 cm³/mol. The molecule has 0 aromatic rings. The molecule has 0 bridgehead atoms. The van der Waals surface area contributed by atoms with E-state index >= 15 is 0 Å². The molecule has 3 nitrogen and oxygen atoms in total. The fourth-order valence-corrected chi connectivity index (χ4v) is 2.08. The molecule has 15 heavy (non-hydrogen) atoms. The molecule has 1 saturated heterocycles. The topological polar surface area (TPSA) is 44.3 Å². The van der Waals surface area contributed by atoms with Gasteiger partial charge in [-0.1, -0.05) is 0 Å². The highest BCUT2D eigenvalue weighted by atomic mass is 16.3. The first-order chi connectivity index (χ1) is 6.81. The van der Waals surface area contributed by atoms with Crippen LogP contribution in [0.15, 0.2) is 0 Å². The molecule has 1 fully saturated rings. The van der Waals surface area contributed by atoms with Gasteiger partial charge in [-0.15, -0.1) is 0 Å². The summed E-state index contributed by atoms with van der Waals surface area (Å²) in [5.41, 5.74) is -0.437. The lowest BCUT2D eigenvalue weighted by atomic mass is 9.91. The number of hydrogen-bond acceptors (Lipinski definition) is 3. The van der Waals surface area contributed by atoms with E-state index in [1.807, 2.05) is 6.92 Å². The fourth-order valence-electron chi connectivity index (χ4n) is 2.08. The lowest BCUT2D eigenvalue weighted by Crippen LogP contribution is -2.48. The van der Waals surface area contributed by atoms with E-state index in [4.69, 9.17) is 0 Å².